The van der Waals surface area contributed by atoms with Gasteiger partial charge in [0.2, 0.25) is 0 Å². The molecule has 0 bridgehead atoms. The van der Waals surface area contributed by atoms with E-state index in [4.69, 9.17) is 9.15 Å². The Balaban J connectivity index is 1.34. The van der Waals surface area contributed by atoms with Crippen molar-refractivity contribution in [1.29, 1.82) is 0 Å². The summed E-state index contributed by atoms with van der Waals surface area (Å²) in [5, 5.41) is 4.49. The van der Waals surface area contributed by atoms with Crippen LogP contribution in [0.5, 0.6) is 11.5 Å². The minimum atomic E-state index is -0.571. The number of benzene rings is 7. The van der Waals surface area contributed by atoms with E-state index in [1.54, 1.807) is 0 Å². The van der Waals surface area contributed by atoms with Gasteiger partial charge in [-0.05, 0) is 53.6 Å². The van der Waals surface area contributed by atoms with Gasteiger partial charge >= 0.3 is 0 Å². The van der Waals surface area contributed by atoms with Gasteiger partial charge < -0.3 is 13.7 Å². The molecule has 0 saturated heterocycles. The Hall–Kier alpha value is -6.06. The zero-order chi connectivity index (χ0) is 30.2. The molecule has 0 aliphatic carbocycles. The summed E-state index contributed by atoms with van der Waals surface area (Å²) in [7, 11) is 0. The number of ether oxygens (including phenoxy) is 1. The molecule has 0 unspecified atom stereocenters. The molecule has 0 atom stereocenters. The highest BCUT2D eigenvalue weighted by Crippen LogP contribution is 2.57. The summed E-state index contributed by atoms with van der Waals surface area (Å²) in [4.78, 5) is 0. The van der Waals surface area contributed by atoms with E-state index >= 15 is 0 Å². The highest BCUT2D eigenvalue weighted by atomic mass is 16.5. The zero-order valence-corrected chi connectivity index (χ0v) is 24.9. The van der Waals surface area contributed by atoms with Crippen LogP contribution in [-0.2, 0) is 5.41 Å². The van der Waals surface area contributed by atoms with Crippen LogP contribution in [0.3, 0.4) is 0 Å². The van der Waals surface area contributed by atoms with Gasteiger partial charge in [0.15, 0.2) is 0 Å². The Morgan fingerprint density at radius 1 is 0.457 bits per heavy atom. The number of para-hydroxylation sites is 3. The Bertz CT molecular complexity index is 2570. The molecule has 10 rings (SSSR count). The molecule has 0 amide bonds. The second-order valence-electron chi connectivity index (χ2n) is 12.0. The first-order valence-corrected chi connectivity index (χ1v) is 15.7. The topological polar surface area (TPSA) is 27.3 Å². The summed E-state index contributed by atoms with van der Waals surface area (Å²) in [6.45, 7) is 0. The van der Waals surface area contributed by atoms with Gasteiger partial charge in [-0.25, -0.2) is 0 Å². The molecular formula is C43H27NO2. The normalized spacial score (nSPS) is 13.6. The van der Waals surface area contributed by atoms with Crippen LogP contribution < -0.4 is 4.74 Å². The summed E-state index contributed by atoms with van der Waals surface area (Å²) in [6.07, 6.45) is 0. The van der Waals surface area contributed by atoms with E-state index in [0.29, 0.717) is 0 Å². The quantitative estimate of drug-likeness (QED) is 0.205. The van der Waals surface area contributed by atoms with Gasteiger partial charge in [0.1, 0.15) is 22.7 Å². The molecule has 0 fully saturated rings. The summed E-state index contributed by atoms with van der Waals surface area (Å²) in [5.41, 5.74) is 9.21. The van der Waals surface area contributed by atoms with Crippen LogP contribution in [0.25, 0.3) is 49.4 Å². The molecule has 9 aromatic rings. The Morgan fingerprint density at radius 3 is 1.91 bits per heavy atom. The number of fused-ring (bicyclic) bond motifs is 9. The number of rotatable bonds is 3. The first-order valence-electron chi connectivity index (χ1n) is 15.7. The van der Waals surface area contributed by atoms with Crippen LogP contribution in [0.1, 0.15) is 22.3 Å². The van der Waals surface area contributed by atoms with Crippen LogP contribution >= 0.6 is 0 Å². The van der Waals surface area contributed by atoms with Crippen molar-refractivity contribution < 1.29 is 9.15 Å². The highest BCUT2D eigenvalue weighted by Gasteiger charge is 2.46. The number of aromatic nitrogens is 1. The van der Waals surface area contributed by atoms with Crippen molar-refractivity contribution in [3.63, 3.8) is 0 Å². The molecule has 0 spiro atoms. The predicted octanol–water partition coefficient (Wildman–Crippen LogP) is 11.2. The number of hydrogen-bond donors (Lipinski definition) is 0. The van der Waals surface area contributed by atoms with Crippen LogP contribution in [0.4, 0.5) is 0 Å². The molecule has 3 heterocycles. The van der Waals surface area contributed by atoms with Crippen LogP contribution in [0.2, 0.25) is 0 Å². The van der Waals surface area contributed by atoms with Gasteiger partial charge in [-0.1, -0.05) is 121 Å². The van der Waals surface area contributed by atoms with Gasteiger partial charge in [-0.2, -0.15) is 0 Å². The molecule has 46 heavy (non-hydrogen) atoms. The van der Waals surface area contributed by atoms with Gasteiger partial charge in [0.25, 0.3) is 0 Å². The van der Waals surface area contributed by atoms with Crippen LogP contribution in [0.15, 0.2) is 168 Å². The maximum atomic E-state index is 7.03. The second-order valence-corrected chi connectivity index (χ2v) is 12.0. The van der Waals surface area contributed by atoms with E-state index in [9.17, 15) is 0 Å². The Labute approximate surface area is 265 Å². The molecule has 2 aromatic heterocycles. The highest BCUT2D eigenvalue weighted by molar-refractivity contribution is 6.14. The second kappa shape index (κ2) is 9.47. The van der Waals surface area contributed by atoms with Crippen LogP contribution in [-0.4, -0.2) is 4.57 Å². The van der Waals surface area contributed by atoms with Gasteiger partial charge in [-0.3, -0.25) is 0 Å². The van der Waals surface area contributed by atoms with Crippen molar-refractivity contribution in [2.45, 2.75) is 5.41 Å². The lowest BCUT2D eigenvalue weighted by Crippen LogP contribution is -2.34. The van der Waals surface area contributed by atoms with E-state index in [2.05, 4.69) is 156 Å². The fourth-order valence-electron chi connectivity index (χ4n) is 7.85. The zero-order valence-electron chi connectivity index (χ0n) is 24.9. The smallest absolute Gasteiger partial charge is 0.142 e. The van der Waals surface area contributed by atoms with Crippen molar-refractivity contribution in [2.24, 2.45) is 0 Å². The lowest BCUT2D eigenvalue weighted by molar-refractivity contribution is 0.440. The summed E-state index contributed by atoms with van der Waals surface area (Å²) in [6, 6.07) is 58.2. The third kappa shape index (κ3) is 3.32. The first-order chi connectivity index (χ1) is 22.8. The van der Waals surface area contributed by atoms with E-state index in [1.165, 1.54) is 11.1 Å². The third-order valence-electron chi connectivity index (χ3n) is 9.73. The largest absolute Gasteiger partial charge is 0.456 e. The lowest BCUT2D eigenvalue weighted by Gasteiger charge is -2.41. The molecule has 0 radical (unpaired) electrons. The van der Waals surface area contributed by atoms with Crippen molar-refractivity contribution in [3.05, 3.63) is 186 Å². The van der Waals surface area contributed by atoms with E-state index < -0.39 is 5.41 Å². The number of nitrogens with zero attached hydrogens (tertiary/aromatic N) is 1. The molecule has 3 heteroatoms. The molecule has 1 aliphatic heterocycles. The van der Waals surface area contributed by atoms with Gasteiger partial charge in [0.05, 0.1) is 21.8 Å². The fraction of sp³-hybridized carbons (Fsp3) is 0.0233. The Morgan fingerprint density at radius 2 is 1.11 bits per heavy atom. The number of hydrogen-bond acceptors (Lipinski definition) is 2. The lowest BCUT2D eigenvalue weighted by atomic mass is 9.63. The SMILES string of the molecule is c1ccc(C2(c3ccccc3)c3ccccc3Oc3c2ccc2c3c3ccccc3n2-c2ccc3oc4ccccc4c3c2)cc1. The van der Waals surface area contributed by atoms with E-state index in [1.807, 2.05) is 12.1 Å². The van der Waals surface area contributed by atoms with E-state index in [-0.39, 0.29) is 0 Å². The summed E-state index contributed by atoms with van der Waals surface area (Å²) >= 11 is 0. The maximum Gasteiger partial charge on any atom is 0.142 e. The van der Waals surface area contributed by atoms with E-state index in [0.717, 1.165) is 72.1 Å². The molecule has 3 nitrogen and oxygen atoms in total. The van der Waals surface area contributed by atoms with Crippen molar-refractivity contribution in [1.82, 2.24) is 4.57 Å². The van der Waals surface area contributed by atoms with Gasteiger partial charge in [-0.15, -0.1) is 0 Å². The maximum absolute atomic E-state index is 7.03. The summed E-state index contributed by atoms with van der Waals surface area (Å²) in [5.74, 6) is 1.77. The standard InChI is InChI=1S/C43H27NO2/c1-3-13-28(14-4-1)43(29-15-5-2-6-16-29)34-19-9-12-22-40(34)46-42-35(43)24-25-37-41(42)32-18-7-10-20-36(32)44(37)30-23-26-39-33(27-30)31-17-8-11-21-38(31)45-39/h1-27H. The molecular weight excluding hydrogens is 562 g/mol. The average Bonchev–Trinajstić information content (AvgIpc) is 3.67. The van der Waals surface area contributed by atoms with Crippen molar-refractivity contribution in [2.75, 3.05) is 0 Å². The molecule has 0 N–H and O–H groups in total. The molecule has 7 aromatic carbocycles. The monoisotopic (exact) mass is 589 g/mol. The number of furan rings is 1. The molecule has 1 aliphatic rings. The molecule has 0 saturated carbocycles. The summed E-state index contributed by atoms with van der Waals surface area (Å²) < 4.78 is 15.6. The minimum Gasteiger partial charge on any atom is -0.456 e. The van der Waals surface area contributed by atoms with Crippen molar-refractivity contribution >= 4 is 43.7 Å². The van der Waals surface area contributed by atoms with Crippen molar-refractivity contribution in [3.8, 4) is 17.2 Å². The predicted molar refractivity (Wildman–Crippen MR) is 186 cm³/mol. The van der Waals surface area contributed by atoms with Crippen LogP contribution in [0, 0.1) is 0 Å². The first kappa shape index (κ1) is 25.3. The third-order valence-corrected chi connectivity index (χ3v) is 9.73. The molecule has 216 valence electrons. The minimum absolute atomic E-state index is 0.571. The van der Waals surface area contributed by atoms with Gasteiger partial charge in [0, 0.05) is 33.0 Å². The Kier molecular flexibility index (Phi) is 5.20. The average molecular weight is 590 g/mol. The fourth-order valence-corrected chi connectivity index (χ4v) is 7.85.